The van der Waals surface area contributed by atoms with Gasteiger partial charge in [0.05, 0.1) is 18.8 Å². The molecule has 3 nitrogen and oxygen atoms in total. The molecule has 1 heterocycles. The summed E-state index contributed by atoms with van der Waals surface area (Å²) in [5.41, 5.74) is 2.40. The Hall–Kier alpha value is -1.22. The van der Waals surface area contributed by atoms with Gasteiger partial charge in [0.15, 0.2) is 0 Å². The van der Waals surface area contributed by atoms with Crippen molar-refractivity contribution in [1.29, 1.82) is 0 Å². The Bertz CT molecular complexity index is 388. The molecular formula is C13H17NO2. The van der Waals surface area contributed by atoms with Crippen molar-refractivity contribution in [2.24, 2.45) is 0 Å². The Morgan fingerprint density at radius 1 is 1.38 bits per heavy atom. The smallest absolute Gasteiger partial charge is 0.121 e. The summed E-state index contributed by atoms with van der Waals surface area (Å²) in [4.78, 5) is 0. The fourth-order valence-electron chi connectivity index (χ4n) is 2.27. The number of ether oxygens (including phenoxy) is 1. The molecule has 3 heteroatoms. The molecule has 0 saturated heterocycles. The van der Waals surface area contributed by atoms with Gasteiger partial charge in [-0.05, 0) is 37.3 Å². The minimum absolute atomic E-state index is 0.175. The maximum Gasteiger partial charge on any atom is 0.121 e. The van der Waals surface area contributed by atoms with Gasteiger partial charge in [-0.3, -0.25) is 0 Å². The number of anilines is 1. The van der Waals surface area contributed by atoms with E-state index in [0.717, 1.165) is 17.9 Å². The van der Waals surface area contributed by atoms with Crippen LogP contribution in [0.3, 0.4) is 0 Å². The summed E-state index contributed by atoms with van der Waals surface area (Å²) in [5.74, 6) is 0.953. The van der Waals surface area contributed by atoms with Crippen LogP contribution in [0.2, 0.25) is 0 Å². The Labute approximate surface area is 95.4 Å². The number of hydrogen-bond donors (Lipinski definition) is 2. The topological polar surface area (TPSA) is 41.5 Å². The highest BCUT2D eigenvalue weighted by Gasteiger charge is 2.22. The van der Waals surface area contributed by atoms with Crippen molar-refractivity contribution in [3.63, 3.8) is 0 Å². The summed E-state index contributed by atoms with van der Waals surface area (Å²) in [6, 6.07) is 6.38. The molecule has 1 aromatic rings. The molecule has 0 radical (unpaired) electrons. The van der Waals surface area contributed by atoms with Crippen molar-refractivity contribution in [3.05, 3.63) is 23.8 Å². The minimum Gasteiger partial charge on any atom is -0.490 e. The molecule has 1 saturated carbocycles. The van der Waals surface area contributed by atoms with Gasteiger partial charge in [0.2, 0.25) is 0 Å². The van der Waals surface area contributed by atoms with E-state index in [2.05, 4.69) is 17.4 Å². The van der Waals surface area contributed by atoms with Gasteiger partial charge in [0.25, 0.3) is 0 Å². The van der Waals surface area contributed by atoms with Gasteiger partial charge < -0.3 is 15.2 Å². The van der Waals surface area contributed by atoms with Crippen LogP contribution in [0.4, 0.5) is 5.69 Å². The molecule has 2 N–H and O–H groups in total. The molecule has 1 fully saturated rings. The van der Waals surface area contributed by atoms with E-state index in [-0.39, 0.29) is 12.6 Å². The first kappa shape index (κ1) is 9.97. The number of aliphatic hydroxyl groups excluding tert-OH is 1. The summed E-state index contributed by atoms with van der Waals surface area (Å²) in [5, 5.41) is 12.4. The van der Waals surface area contributed by atoms with Gasteiger partial charge in [-0.2, -0.15) is 0 Å². The second-order valence-electron chi connectivity index (χ2n) is 4.72. The average Bonchev–Trinajstić information content (AvgIpc) is 2.65. The molecular weight excluding hydrogens is 202 g/mol. The van der Waals surface area contributed by atoms with Crippen LogP contribution in [0.25, 0.3) is 0 Å². The molecule has 1 aliphatic carbocycles. The van der Waals surface area contributed by atoms with Crippen LogP contribution in [-0.2, 0) is 6.42 Å². The molecule has 1 aliphatic heterocycles. The van der Waals surface area contributed by atoms with Crippen LogP contribution in [-0.4, -0.2) is 23.9 Å². The molecule has 86 valence electrons. The lowest BCUT2D eigenvalue weighted by molar-refractivity contribution is 0.120. The number of benzene rings is 1. The van der Waals surface area contributed by atoms with Crippen molar-refractivity contribution >= 4 is 5.69 Å². The van der Waals surface area contributed by atoms with Crippen LogP contribution in [0, 0.1) is 0 Å². The lowest BCUT2D eigenvalue weighted by Crippen LogP contribution is -2.24. The predicted octanol–water partition coefficient (Wildman–Crippen LogP) is 1.95. The van der Waals surface area contributed by atoms with E-state index < -0.39 is 0 Å². The Kier molecular flexibility index (Phi) is 2.48. The number of rotatable bonds is 3. The van der Waals surface area contributed by atoms with E-state index in [0.29, 0.717) is 6.10 Å². The first-order valence-corrected chi connectivity index (χ1v) is 6.02. The molecule has 0 spiro atoms. The number of hydrogen-bond acceptors (Lipinski definition) is 3. The van der Waals surface area contributed by atoms with E-state index in [1.54, 1.807) is 0 Å². The summed E-state index contributed by atoms with van der Waals surface area (Å²) in [6.07, 6.45) is 5.00. The Balaban J connectivity index is 1.73. The summed E-state index contributed by atoms with van der Waals surface area (Å²) in [6.45, 7) is 0.188. The fourth-order valence-corrected chi connectivity index (χ4v) is 2.27. The van der Waals surface area contributed by atoms with Crippen LogP contribution in [0.15, 0.2) is 18.2 Å². The van der Waals surface area contributed by atoms with E-state index in [1.807, 2.05) is 6.07 Å². The normalized spacial score (nSPS) is 23.4. The number of nitrogens with one attached hydrogen (secondary N) is 1. The van der Waals surface area contributed by atoms with Gasteiger partial charge in [-0.1, -0.05) is 6.07 Å². The molecule has 16 heavy (non-hydrogen) atoms. The van der Waals surface area contributed by atoms with Crippen LogP contribution in [0.1, 0.15) is 24.8 Å². The lowest BCUT2D eigenvalue weighted by Gasteiger charge is -2.26. The summed E-state index contributed by atoms with van der Waals surface area (Å²) >= 11 is 0. The standard InChI is InChI=1S/C13H17NO2/c15-8-10-6-9-4-5-12(7-13(9)14-10)16-11-2-1-3-11/h4-5,7,10-11,14-15H,1-3,6,8H2. The largest absolute Gasteiger partial charge is 0.490 e. The second kappa shape index (κ2) is 3.98. The maximum atomic E-state index is 9.11. The van der Waals surface area contributed by atoms with E-state index in [9.17, 15) is 0 Å². The SMILES string of the molecule is OCC1Cc2ccc(OC3CCC3)cc2N1. The molecule has 2 aliphatic rings. The maximum absolute atomic E-state index is 9.11. The molecule has 0 aromatic heterocycles. The zero-order chi connectivity index (χ0) is 11.0. The van der Waals surface area contributed by atoms with Gasteiger partial charge >= 0.3 is 0 Å². The zero-order valence-corrected chi connectivity index (χ0v) is 9.28. The summed E-state index contributed by atoms with van der Waals surface area (Å²) in [7, 11) is 0. The van der Waals surface area contributed by atoms with Gasteiger partial charge in [0, 0.05) is 11.8 Å². The van der Waals surface area contributed by atoms with Gasteiger partial charge in [-0.15, -0.1) is 0 Å². The van der Waals surface area contributed by atoms with E-state index in [4.69, 9.17) is 9.84 Å². The molecule has 0 amide bonds. The van der Waals surface area contributed by atoms with Crippen molar-refractivity contribution in [3.8, 4) is 5.75 Å². The van der Waals surface area contributed by atoms with Gasteiger partial charge in [0.1, 0.15) is 5.75 Å². The second-order valence-corrected chi connectivity index (χ2v) is 4.72. The van der Waals surface area contributed by atoms with Gasteiger partial charge in [-0.25, -0.2) is 0 Å². The van der Waals surface area contributed by atoms with Crippen molar-refractivity contribution in [2.45, 2.75) is 37.8 Å². The molecule has 1 aromatic carbocycles. The molecule has 1 atom stereocenters. The predicted molar refractivity (Wildman–Crippen MR) is 62.9 cm³/mol. The Morgan fingerprint density at radius 2 is 2.25 bits per heavy atom. The van der Waals surface area contributed by atoms with Crippen molar-refractivity contribution in [2.75, 3.05) is 11.9 Å². The average molecular weight is 219 g/mol. The minimum atomic E-state index is 0.175. The van der Waals surface area contributed by atoms with Crippen LogP contribution in [0.5, 0.6) is 5.75 Å². The number of fused-ring (bicyclic) bond motifs is 1. The first-order valence-electron chi connectivity index (χ1n) is 6.02. The highest BCUT2D eigenvalue weighted by atomic mass is 16.5. The molecule has 1 unspecified atom stereocenters. The molecule has 3 rings (SSSR count). The third-order valence-corrected chi connectivity index (χ3v) is 3.48. The third kappa shape index (κ3) is 1.76. The van der Waals surface area contributed by atoms with Crippen LogP contribution < -0.4 is 10.1 Å². The Morgan fingerprint density at radius 3 is 2.94 bits per heavy atom. The lowest BCUT2D eigenvalue weighted by atomic mass is 9.96. The van der Waals surface area contributed by atoms with E-state index in [1.165, 1.54) is 24.8 Å². The van der Waals surface area contributed by atoms with Crippen molar-refractivity contribution in [1.82, 2.24) is 0 Å². The highest BCUT2D eigenvalue weighted by Crippen LogP contribution is 2.32. The van der Waals surface area contributed by atoms with Crippen LogP contribution >= 0.6 is 0 Å². The fraction of sp³-hybridized carbons (Fsp3) is 0.538. The zero-order valence-electron chi connectivity index (χ0n) is 9.28. The highest BCUT2D eigenvalue weighted by molar-refractivity contribution is 5.60. The summed E-state index contributed by atoms with van der Waals surface area (Å²) < 4.78 is 5.84. The first-order chi connectivity index (χ1) is 7.85. The quantitative estimate of drug-likeness (QED) is 0.816. The monoisotopic (exact) mass is 219 g/mol. The van der Waals surface area contributed by atoms with E-state index >= 15 is 0 Å². The number of aliphatic hydroxyl groups is 1. The third-order valence-electron chi connectivity index (χ3n) is 3.48. The molecule has 0 bridgehead atoms. The van der Waals surface area contributed by atoms with Crippen molar-refractivity contribution < 1.29 is 9.84 Å².